The molecule has 0 amide bonds. The smallest absolute Gasteiger partial charge is 0.349 e. The summed E-state index contributed by atoms with van der Waals surface area (Å²) in [6, 6.07) is 13.6. The molecule has 0 aliphatic carbocycles. The molecule has 81 valence electrons. The average molecular weight is 219 g/mol. The van der Waals surface area contributed by atoms with Crippen LogP contribution in [0.3, 0.4) is 0 Å². The van der Waals surface area contributed by atoms with E-state index < -0.39 is 6.36 Å². The van der Waals surface area contributed by atoms with Gasteiger partial charge in [0.2, 0.25) is 0 Å². The zero-order chi connectivity index (χ0) is 11.4. The third kappa shape index (κ3) is 2.57. The van der Waals surface area contributed by atoms with E-state index in [-0.39, 0.29) is 11.6 Å². The van der Waals surface area contributed by atoms with Gasteiger partial charge < -0.3 is 4.74 Å². The van der Waals surface area contributed by atoms with E-state index in [0.29, 0.717) is 5.56 Å². The molecule has 0 aromatic heterocycles. The Balaban J connectivity index is 2.08. The number of ether oxygens (including phenoxy) is 1. The Morgan fingerprint density at radius 1 is 0.875 bits per heavy atom. The van der Waals surface area contributed by atoms with Crippen LogP contribution in [0.5, 0.6) is 5.75 Å². The second-order valence-electron chi connectivity index (χ2n) is 3.20. The second-order valence-corrected chi connectivity index (χ2v) is 3.20. The van der Waals surface area contributed by atoms with Crippen LogP contribution in [-0.4, -0.2) is 0 Å². The van der Waals surface area contributed by atoms with Crippen LogP contribution in [0.1, 0.15) is 5.56 Å². The van der Waals surface area contributed by atoms with Gasteiger partial charge in [-0.3, -0.25) is 0 Å². The lowest BCUT2D eigenvalue weighted by molar-refractivity contribution is 0.220. The van der Waals surface area contributed by atoms with Gasteiger partial charge in [0.25, 0.3) is 0 Å². The molecule has 0 heterocycles. The van der Waals surface area contributed by atoms with Crippen molar-refractivity contribution in [2.75, 3.05) is 0 Å². The molecule has 2 aromatic carbocycles. The molecular weight excluding hydrogens is 210 g/mol. The monoisotopic (exact) mass is 219 g/mol. The SMILES string of the molecule is F[C](Oc1ccc(F)cc1)c1ccccc1. The summed E-state index contributed by atoms with van der Waals surface area (Å²) >= 11 is 0. The van der Waals surface area contributed by atoms with Gasteiger partial charge in [-0.05, 0) is 24.3 Å². The topological polar surface area (TPSA) is 9.23 Å². The Hall–Kier alpha value is -1.90. The maximum atomic E-state index is 13.5. The minimum Gasteiger partial charge on any atom is -0.448 e. The summed E-state index contributed by atoms with van der Waals surface area (Å²) in [6.45, 7) is 0. The molecule has 0 aliphatic rings. The van der Waals surface area contributed by atoms with Gasteiger partial charge in [-0.25, -0.2) is 4.39 Å². The quantitative estimate of drug-likeness (QED) is 0.764. The standard InChI is InChI=1S/C13H9F2O/c14-11-6-8-12(9-7-11)16-13(15)10-4-2-1-3-5-10/h1-9H. The summed E-state index contributed by atoms with van der Waals surface area (Å²) in [5, 5.41) is 0. The molecular formula is C13H9F2O. The molecule has 0 bridgehead atoms. The molecule has 2 aromatic rings. The molecule has 0 unspecified atom stereocenters. The van der Waals surface area contributed by atoms with Crippen molar-refractivity contribution >= 4 is 0 Å². The van der Waals surface area contributed by atoms with Crippen molar-refractivity contribution in [1.82, 2.24) is 0 Å². The van der Waals surface area contributed by atoms with Crippen LogP contribution >= 0.6 is 0 Å². The van der Waals surface area contributed by atoms with E-state index in [1.807, 2.05) is 0 Å². The van der Waals surface area contributed by atoms with E-state index in [9.17, 15) is 8.78 Å². The number of hydrogen-bond donors (Lipinski definition) is 0. The maximum absolute atomic E-state index is 13.5. The molecule has 3 heteroatoms. The highest BCUT2D eigenvalue weighted by molar-refractivity contribution is 5.29. The van der Waals surface area contributed by atoms with Gasteiger partial charge in [0.15, 0.2) is 0 Å². The molecule has 0 saturated heterocycles. The lowest BCUT2D eigenvalue weighted by atomic mass is 10.2. The van der Waals surface area contributed by atoms with Crippen LogP contribution in [0.15, 0.2) is 54.6 Å². The van der Waals surface area contributed by atoms with Crippen LogP contribution in [0.25, 0.3) is 0 Å². The lowest BCUT2D eigenvalue weighted by Gasteiger charge is -2.09. The molecule has 0 aliphatic heterocycles. The average Bonchev–Trinajstić information content (AvgIpc) is 2.33. The van der Waals surface area contributed by atoms with Gasteiger partial charge >= 0.3 is 6.36 Å². The fraction of sp³-hybridized carbons (Fsp3) is 0. The summed E-state index contributed by atoms with van der Waals surface area (Å²) < 4.78 is 31.1. The van der Waals surface area contributed by atoms with Crippen molar-refractivity contribution in [3.8, 4) is 5.75 Å². The fourth-order valence-corrected chi connectivity index (χ4v) is 1.23. The van der Waals surface area contributed by atoms with Crippen molar-refractivity contribution in [3.63, 3.8) is 0 Å². The minimum atomic E-state index is -0.702. The Morgan fingerprint density at radius 2 is 1.50 bits per heavy atom. The first-order valence-electron chi connectivity index (χ1n) is 4.77. The zero-order valence-electron chi connectivity index (χ0n) is 8.36. The zero-order valence-corrected chi connectivity index (χ0v) is 8.36. The molecule has 0 atom stereocenters. The van der Waals surface area contributed by atoms with Gasteiger partial charge in [-0.15, -0.1) is 0 Å². The molecule has 0 N–H and O–H groups in total. The largest absolute Gasteiger partial charge is 0.448 e. The Kier molecular flexibility index (Phi) is 3.15. The molecule has 16 heavy (non-hydrogen) atoms. The Labute approximate surface area is 92.3 Å². The fourth-order valence-electron chi connectivity index (χ4n) is 1.23. The van der Waals surface area contributed by atoms with Crippen molar-refractivity contribution in [2.24, 2.45) is 0 Å². The second kappa shape index (κ2) is 4.75. The summed E-state index contributed by atoms with van der Waals surface area (Å²) in [5.41, 5.74) is 0.354. The van der Waals surface area contributed by atoms with E-state index >= 15 is 0 Å². The first-order valence-corrected chi connectivity index (χ1v) is 4.77. The summed E-state index contributed by atoms with van der Waals surface area (Å²) in [7, 11) is 0. The first-order chi connectivity index (χ1) is 7.75. The van der Waals surface area contributed by atoms with Crippen molar-refractivity contribution in [2.45, 2.75) is 0 Å². The molecule has 1 radical (unpaired) electrons. The van der Waals surface area contributed by atoms with Gasteiger partial charge in [0.1, 0.15) is 11.6 Å². The molecule has 0 spiro atoms. The lowest BCUT2D eigenvalue weighted by Crippen LogP contribution is -2.02. The van der Waals surface area contributed by atoms with Crippen molar-refractivity contribution in [1.29, 1.82) is 0 Å². The highest BCUT2D eigenvalue weighted by Crippen LogP contribution is 2.22. The van der Waals surface area contributed by atoms with Crippen molar-refractivity contribution < 1.29 is 13.5 Å². The first kappa shape index (κ1) is 10.6. The van der Waals surface area contributed by atoms with Crippen LogP contribution < -0.4 is 4.74 Å². The van der Waals surface area contributed by atoms with Gasteiger partial charge in [-0.1, -0.05) is 30.3 Å². The number of rotatable bonds is 3. The highest BCUT2D eigenvalue weighted by Gasteiger charge is 2.13. The van der Waals surface area contributed by atoms with E-state index in [1.54, 1.807) is 30.3 Å². The van der Waals surface area contributed by atoms with Gasteiger partial charge in [0.05, 0.1) is 0 Å². The summed E-state index contributed by atoms with van der Waals surface area (Å²) in [4.78, 5) is 0. The Bertz CT molecular complexity index is 439. The van der Waals surface area contributed by atoms with Crippen LogP contribution in [0.4, 0.5) is 8.78 Å². The van der Waals surface area contributed by atoms with E-state index in [0.717, 1.165) is 0 Å². The van der Waals surface area contributed by atoms with Crippen molar-refractivity contribution in [3.05, 3.63) is 72.3 Å². The predicted octanol–water partition coefficient (Wildman–Crippen LogP) is 3.71. The van der Waals surface area contributed by atoms with E-state index in [4.69, 9.17) is 4.74 Å². The third-order valence-electron chi connectivity index (χ3n) is 2.02. The molecule has 0 saturated carbocycles. The third-order valence-corrected chi connectivity index (χ3v) is 2.02. The summed E-state index contributed by atoms with van der Waals surface area (Å²) in [6.07, 6.45) is -0.702. The van der Waals surface area contributed by atoms with Crippen LogP contribution in [0.2, 0.25) is 0 Å². The van der Waals surface area contributed by atoms with Crippen LogP contribution in [-0.2, 0) is 0 Å². The van der Waals surface area contributed by atoms with E-state index in [2.05, 4.69) is 0 Å². The predicted molar refractivity (Wildman–Crippen MR) is 56.9 cm³/mol. The van der Waals surface area contributed by atoms with Gasteiger partial charge in [0, 0.05) is 5.56 Å². The molecule has 1 nitrogen and oxygen atoms in total. The molecule has 0 fully saturated rings. The molecule has 2 rings (SSSR count). The normalized spacial score (nSPS) is 10.4. The summed E-state index contributed by atoms with van der Waals surface area (Å²) in [5.74, 6) is -0.116. The van der Waals surface area contributed by atoms with Crippen LogP contribution in [0, 0.1) is 12.2 Å². The number of halogens is 2. The van der Waals surface area contributed by atoms with E-state index in [1.165, 1.54) is 24.3 Å². The highest BCUT2D eigenvalue weighted by atomic mass is 19.1. The van der Waals surface area contributed by atoms with Gasteiger partial charge in [-0.2, -0.15) is 4.39 Å². The number of benzene rings is 2. The number of hydrogen-bond acceptors (Lipinski definition) is 1. The Morgan fingerprint density at radius 3 is 2.12 bits per heavy atom. The minimum absolute atomic E-state index is 0.266. The maximum Gasteiger partial charge on any atom is 0.349 e.